The zero-order valence-electron chi connectivity index (χ0n) is 16.0. The maximum atomic E-state index is 2.45. The van der Waals surface area contributed by atoms with Crippen molar-refractivity contribution in [3.05, 3.63) is 45.5 Å². The van der Waals surface area contributed by atoms with Crippen LogP contribution in [0.1, 0.15) is 63.9 Å². The fraction of sp³-hybridized carbons (Fsp3) is 0.417. The third kappa shape index (κ3) is 4.51. The molecule has 0 amide bonds. The standard InChI is InChI=1S/C24H27IS2/c1-2-3-4-5-6-7-8-9-10-17-11-13-19-21(15-17)26-24-20-14-12-18(25)16-22(20)27-23(19)24/h11-16H,2-10H2,1H3. The van der Waals surface area contributed by atoms with Crippen LogP contribution in [0.2, 0.25) is 0 Å². The molecule has 0 radical (unpaired) electrons. The van der Waals surface area contributed by atoms with E-state index in [1.807, 2.05) is 22.7 Å². The summed E-state index contributed by atoms with van der Waals surface area (Å²) in [6.07, 6.45) is 12.4. The molecular formula is C24H27IS2. The van der Waals surface area contributed by atoms with E-state index >= 15 is 0 Å². The van der Waals surface area contributed by atoms with Gasteiger partial charge in [0.05, 0.1) is 9.40 Å². The summed E-state index contributed by atoms with van der Waals surface area (Å²) in [6, 6.07) is 14.0. The molecule has 0 fully saturated rings. The maximum absolute atomic E-state index is 2.45. The fourth-order valence-corrected chi connectivity index (χ4v) is 7.35. The van der Waals surface area contributed by atoms with Gasteiger partial charge in [0, 0.05) is 23.7 Å². The van der Waals surface area contributed by atoms with Crippen molar-refractivity contribution in [1.82, 2.24) is 0 Å². The lowest BCUT2D eigenvalue weighted by Crippen LogP contribution is -1.86. The van der Waals surface area contributed by atoms with E-state index in [9.17, 15) is 0 Å². The normalized spacial score (nSPS) is 11.9. The minimum atomic E-state index is 1.23. The Hall–Kier alpha value is -0.650. The number of thiophene rings is 2. The molecule has 3 heteroatoms. The zero-order chi connectivity index (χ0) is 18.6. The van der Waals surface area contributed by atoms with E-state index in [1.165, 1.54) is 96.5 Å². The van der Waals surface area contributed by atoms with E-state index in [4.69, 9.17) is 0 Å². The van der Waals surface area contributed by atoms with Crippen molar-refractivity contribution in [3.63, 3.8) is 0 Å². The third-order valence-electron chi connectivity index (χ3n) is 5.43. The van der Waals surface area contributed by atoms with Crippen LogP contribution in [-0.4, -0.2) is 0 Å². The summed E-state index contributed by atoms with van der Waals surface area (Å²) in [5.74, 6) is 0. The Morgan fingerprint density at radius 2 is 1.30 bits per heavy atom. The Labute approximate surface area is 184 Å². The smallest absolute Gasteiger partial charge is 0.0542 e. The summed E-state index contributed by atoms with van der Waals surface area (Å²) in [5, 5.41) is 2.88. The minimum absolute atomic E-state index is 1.23. The highest BCUT2D eigenvalue weighted by molar-refractivity contribution is 14.1. The van der Waals surface area contributed by atoms with Gasteiger partial charge in [0.2, 0.25) is 0 Å². The van der Waals surface area contributed by atoms with Crippen molar-refractivity contribution in [3.8, 4) is 0 Å². The Balaban J connectivity index is 1.41. The van der Waals surface area contributed by atoms with Gasteiger partial charge in [0.1, 0.15) is 0 Å². The molecule has 0 nitrogen and oxygen atoms in total. The monoisotopic (exact) mass is 506 g/mol. The number of rotatable bonds is 9. The van der Waals surface area contributed by atoms with Crippen LogP contribution in [-0.2, 0) is 6.42 Å². The first-order valence-corrected chi connectivity index (χ1v) is 13.0. The number of benzene rings is 2. The Morgan fingerprint density at radius 1 is 0.704 bits per heavy atom. The minimum Gasteiger partial charge on any atom is -0.134 e. The molecule has 2 aromatic carbocycles. The number of hydrogen-bond acceptors (Lipinski definition) is 2. The molecule has 0 saturated heterocycles. The quantitative estimate of drug-likeness (QED) is 0.157. The predicted octanol–water partition coefficient (Wildman–Crippen LogP) is 9.56. The molecule has 0 unspecified atom stereocenters. The molecule has 2 heterocycles. The Morgan fingerprint density at radius 3 is 2.00 bits per heavy atom. The summed E-state index contributed by atoms with van der Waals surface area (Å²) in [5.41, 5.74) is 1.52. The number of aryl methyl sites for hydroxylation is 1. The molecule has 0 atom stereocenters. The van der Waals surface area contributed by atoms with Gasteiger partial charge in [-0.15, -0.1) is 22.7 Å². The zero-order valence-corrected chi connectivity index (χ0v) is 19.8. The summed E-state index contributed by atoms with van der Waals surface area (Å²) in [4.78, 5) is 0. The second-order valence-electron chi connectivity index (χ2n) is 7.56. The van der Waals surface area contributed by atoms with Gasteiger partial charge in [-0.25, -0.2) is 0 Å². The van der Waals surface area contributed by atoms with E-state index in [2.05, 4.69) is 65.9 Å². The summed E-state index contributed by atoms with van der Waals surface area (Å²) in [6.45, 7) is 2.29. The molecule has 4 rings (SSSR count). The van der Waals surface area contributed by atoms with Gasteiger partial charge < -0.3 is 0 Å². The molecule has 27 heavy (non-hydrogen) atoms. The van der Waals surface area contributed by atoms with E-state index in [1.54, 1.807) is 0 Å². The lowest BCUT2D eigenvalue weighted by atomic mass is 10.0. The fourth-order valence-electron chi connectivity index (χ4n) is 3.89. The molecule has 0 aliphatic heterocycles. The van der Waals surface area contributed by atoms with Crippen LogP contribution in [0.3, 0.4) is 0 Å². The van der Waals surface area contributed by atoms with E-state index in [0.29, 0.717) is 0 Å². The third-order valence-corrected chi connectivity index (χ3v) is 8.60. The summed E-state index contributed by atoms with van der Waals surface area (Å²) >= 11 is 6.35. The molecule has 0 spiro atoms. The molecule has 0 aliphatic rings. The van der Waals surface area contributed by atoms with Gasteiger partial charge in [-0.1, -0.05) is 70.1 Å². The van der Waals surface area contributed by atoms with Crippen LogP contribution < -0.4 is 0 Å². The molecule has 142 valence electrons. The molecule has 2 aromatic heterocycles. The van der Waals surface area contributed by atoms with Crippen LogP contribution in [0, 0.1) is 3.57 Å². The number of fused-ring (bicyclic) bond motifs is 5. The number of hydrogen-bond donors (Lipinski definition) is 0. The van der Waals surface area contributed by atoms with E-state index < -0.39 is 0 Å². The predicted molar refractivity (Wildman–Crippen MR) is 134 cm³/mol. The topological polar surface area (TPSA) is 0 Å². The highest BCUT2D eigenvalue weighted by Gasteiger charge is 2.12. The van der Waals surface area contributed by atoms with Crippen LogP contribution in [0.25, 0.3) is 29.6 Å². The van der Waals surface area contributed by atoms with Crippen molar-refractivity contribution in [2.75, 3.05) is 0 Å². The average Bonchev–Trinajstić information content (AvgIpc) is 3.18. The van der Waals surface area contributed by atoms with E-state index in [0.717, 1.165) is 0 Å². The number of unbranched alkanes of at least 4 members (excludes halogenated alkanes) is 7. The molecule has 0 aliphatic carbocycles. The molecule has 0 saturated carbocycles. The van der Waals surface area contributed by atoms with Crippen LogP contribution in [0.15, 0.2) is 36.4 Å². The van der Waals surface area contributed by atoms with Crippen molar-refractivity contribution in [1.29, 1.82) is 0 Å². The van der Waals surface area contributed by atoms with Gasteiger partial charge in [-0.3, -0.25) is 0 Å². The summed E-state index contributed by atoms with van der Waals surface area (Å²) < 4.78 is 7.17. The molecule has 0 N–H and O–H groups in total. The van der Waals surface area contributed by atoms with Gasteiger partial charge in [0.25, 0.3) is 0 Å². The first-order chi connectivity index (χ1) is 13.3. The Kier molecular flexibility index (Phi) is 6.72. The van der Waals surface area contributed by atoms with Crippen molar-refractivity contribution < 1.29 is 0 Å². The largest absolute Gasteiger partial charge is 0.134 e. The van der Waals surface area contributed by atoms with Crippen LogP contribution in [0.5, 0.6) is 0 Å². The molecule has 4 aromatic rings. The van der Waals surface area contributed by atoms with E-state index in [-0.39, 0.29) is 0 Å². The van der Waals surface area contributed by atoms with Crippen molar-refractivity contribution in [2.24, 2.45) is 0 Å². The average molecular weight is 507 g/mol. The first kappa shape index (κ1) is 19.7. The summed E-state index contributed by atoms with van der Waals surface area (Å²) in [7, 11) is 0. The Bertz CT molecular complexity index is 1040. The van der Waals surface area contributed by atoms with Gasteiger partial charge in [-0.05, 0) is 59.2 Å². The van der Waals surface area contributed by atoms with Crippen molar-refractivity contribution >= 4 is 74.8 Å². The highest BCUT2D eigenvalue weighted by atomic mass is 127. The molecular weight excluding hydrogens is 479 g/mol. The first-order valence-electron chi connectivity index (χ1n) is 10.3. The van der Waals surface area contributed by atoms with Gasteiger partial charge in [0.15, 0.2) is 0 Å². The van der Waals surface area contributed by atoms with Gasteiger partial charge in [-0.2, -0.15) is 0 Å². The lowest BCUT2D eigenvalue weighted by Gasteiger charge is -2.03. The lowest BCUT2D eigenvalue weighted by molar-refractivity contribution is 0.575. The highest BCUT2D eigenvalue weighted by Crippen LogP contribution is 2.44. The SMILES string of the molecule is CCCCCCCCCCc1ccc2c(c1)sc1c3ccc(I)cc3sc21. The van der Waals surface area contributed by atoms with Crippen LogP contribution >= 0.6 is 45.3 Å². The number of halogens is 1. The van der Waals surface area contributed by atoms with Crippen molar-refractivity contribution in [2.45, 2.75) is 64.7 Å². The second kappa shape index (κ2) is 9.23. The van der Waals surface area contributed by atoms with Crippen LogP contribution in [0.4, 0.5) is 0 Å². The second-order valence-corrected chi connectivity index (χ2v) is 10.9. The van der Waals surface area contributed by atoms with Gasteiger partial charge >= 0.3 is 0 Å². The maximum Gasteiger partial charge on any atom is 0.0542 e. The molecule has 0 bridgehead atoms.